The van der Waals surface area contributed by atoms with E-state index in [9.17, 15) is 4.79 Å². The van der Waals surface area contributed by atoms with E-state index < -0.39 is 0 Å². The van der Waals surface area contributed by atoms with Gasteiger partial charge in [0.1, 0.15) is 5.75 Å². The lowest BCUT2D eigenvalue weighted by molar-refractivity contribution is -0.119. The Bertz CT molecular complexity index is 702. The molecule has 1 aliphatic heterocycles. The number of carbonyl (C=O) groups excluding carboxylic acids is 1. The number of aryl methyl sites for hydroxylation is 3. The minimum absolute atomic E-state index is 0.0293. The number of hydrogen-bond donors (Lipinski definition) is 2. The molecule has 3 rings (SSSR count). The van der Waals surface area contributed by atoms with Crippen molar-refractivity contribution in [3.8, 4) is 5.75 Å². The summed E-state index contributed by atoms with van der Waals surface area (Å²) in [6.45, 7) is 6.68. The van der Waals surface area contributed by atoms with Gasteiger partial charge in [-0.15, -0.1) is 0 Å². The smallest absolute Gasteiger partial charge is 0.227 e. The SMILES string of the molecule is Cc1n[nH]c(C)c1C[C@@H](C)C(=O)Nc1ccc2c(c1)CCCO2. The highest BCUT2D eigenvalue weighted by Crippen LogP contribution is 2.28. The molecular weight excluding hydrogens is 290 g/mol. The Morgan fingerprint density at radius 1 is 1.43 bits per heavy atom. The molecule has 2 N–H and O–H groups in total. The zero-order chi connectivity index (χ0) is 16.4. The second-order valence-electron chi connectivity index (χ2n) is 6.28. The van der Waals surface area contributed by atoms with Crippen LogP contribution < -0.4 is 10.1 Å². The fourth-order valence-electron chi connectivity index (χ4n) is 2.98. The molecule has 0 aliphatic carbocycles. The number of anilines is 1. The van der Waals surface area contributed by atoms with Gasteiger partial charge in [-0.25, -0.2) is 0 Å². The van der Waals surface area contributed by atoms with Crippen LogP contribution in [0.5, 0.6) is 5.75 Å². The molecule has 0 radical (unpaired) electrons. The fraction of sp³-hybridized carbons (Fsp3) is 0.444. The maximum absolute atomic E-state index is 12.5. The Morgan fingerprint density at radius 3 is 3.00 bits per heavy atom. The lowest BCUT2D eigenvalue weighted by Crippen LogP contribution is -2.22. The van der Waals surface area contributed by atoms with E-state index in [1.165, 1.54) is 5.56 Å². The van der Waals surface area contributed by atoms with Gasteiger partial charge >= 0.3 is 0 Å². The molecule has 2 aromatic rings. The third-order valence-corrected chi connectivity index (χ3v) is 4.41. The normalized spacial score (nSPS) is 14.7. The average molecular weight is 313 g/mol. The molecule has 2 heterocycles. The third kappa shape index (κ3) is 3.38. The Morgan fingerprint density at radius 2 is 2.26 bits per heavy atom. The van der Waals surface area contributed by atoms with Crippen molar-refractivity contribution in [2.24, 2.45) is 5.92 Å². The summed E-state index contributed by atoms with van der Waals surface area (Å²) in [4.78, 5) is 12.5. The van der Waals surface area contributed by atoms with Gasteiger partial charge in [0.2, 0.25) is 5.91 Å². The number of aromatic nitrogens is 2. The number of hydrogen-bond acceptors (Lipinski definition) is 3. The molecule has 1 aromatic carbocycles. The van der Waals surface area contributed by atoms with E-state index in [1.54, 1.807) is 0 Å². The predicted molar refractivity (Wildman–Crippen MR) is 89.8 cm³/mol. The molecule has 1 aromatic heterocycles. The molecule has 0 saturated carbocycles. The van der Waals surface area contributed by atoms with Crippen molar-refractivity contribution in [1.29, 1.82) is 0 Å². The van der Waals surface area contributed by atoms with Gasteiger partial charge in [0.05, 0.1) is 12.3 Å². The number of nitrogens with zero attached hydrogens (tertiary/aromatic N) is 1. The lowest BCUT2D eigenvalue weighted by Gasteiger charge is -2.19. The summed E-state index contributed by atoms with van der Waals surface area (Å²) in [5.74, 6) is 0.853. The molecule has 1 amide bonds. The largest absolute Gasteiger partial charge is 0.493 e. The molecule has 5 nitrogen and oxygen atoms in total. The summed E-state index contributed by atoms with van der Waals surface area (Å²) < 4.78 is 5.60. The molecular formula is C18H23N3O2. The van der Waals surface area contributed by atoms with E-state index in [0.29, 0.717) is 6.42 Å². The predicted octanol–water partition coefficient (Wildman–Crippen LogP) is 3.17. The first kappa shape index (κ1) is 15.6. The minimum atomic E-state index is -0.114. The Labute approximate surface area is 136 Å². The lowest BCUT2D eigenvalue weighted by atomic mass is 9.98. The van der Waals surface area contributed by atoms with E-state index in [1.807, 2.05) is 39.0 Å². The molecule has 1 aliphatic rings. The van der Waals surface area contributed by atoms with Crippen molar-refractivity contribution in [3.63, 3.8) is 0 Å². The molecule has 1 atom stereocenters. The van der Waals surface area contributed by atoms with Crippen molar-refractivity contribution in [2.45, 2.75) is 40.0 Å². The molecule has 0 fully saturated rings. The maximum atomic E-state index is 12.5. The van der Waals surface area contributed by atoms with Crippen molar-refractivity contribution in [3.05, 3.63) is 40.7 Å². The number of aromatic amines is 1. The van der Waals surface area contributed by atoms with Gasteiger partial charge in [-0.1, -0.05) is 6.92 Å². The number of rotatable bonds is 4. The highest BCUT2D eigenvalue weighted by atomic mass is 16.5. The Hall–Kier alpha value is -2.30. The van der Waals surface area contributed by atoms with Gasteiger partial charge in [0.25, 0.3) is 0 Å². The number of nitrogens with one attached hydrogen (secondary N) is 2. The first-order valence-electron chi connectivity index (χ1n) is 8.11. The molecule has 0 bridgehead atoms. The molecule has 0 spiro atoms. The van der Waals surface area contributed by atoms with Crippen LogP contribution in [0.2, 0.25) is 0 Å². The number of amides is 1. The summed E-state index contributed by atoms with van der Waals surface area (Å²) in [6, 6.07) is 5.87. The van der Waals surface area contributed by atoms with Gasteiger partial charge in [-0.05, 0) is 62.4 Å². The van der Waals surface area contributed by atoms with Crippen LogP contribution in [-0.4, -0.2) is 22.7 Å². The molecule has 5 heteroatoms. The monoisotopic (exact) mass is 313 g/mol. The quantitative estimate of drug-likeness (QED) is 0.911. The second kappa shape index (κ2) is 6.44. The molecule has 0 unspecified atom stereocenters. The zero-order valence-corrected chi connectivity index (χ0v) is 13.9. The fourth-order valence-corrected chi connectivity index (χ4v) is 2.98. The van der Waals surface area contributed by atoms with Crippen LogP contribution in [0.25, 0.3) is 0 Å². The van der Waals surface area contributed by atoms with Crippen molar-refractivity contribution >= 4 is 11.6 Å². The van der Waals surface area contributed by atoms with Crippen LogP contribution in [0.4, 0.5) is 5.69 Å². The minimum Gasteiger partial charge on any atom is -0.493 e. The first-order chi connectivity index (χ1) is 11.0. The highest BCUT2D eigenvalue weighted by Gasteiger charge is 2.18. The van der Waals surface area contributed by atoms with Gasteiger partial charge in [-0.3, -0.25) is 9.89 Å². The topological polar surface area (TPSA) is 67.0 Å². The van der Waals surface area contributed by atoms with Crippen molar-refractivity contribution < 1.29 is 9.53 Å². The Kier molecular flexibility index (Phi) is 4.37. The summed E-state index contributed by atoms with van der Waals surface area (Å²) >= 11 is 0. The van der Waals surface area contributed by atoms with Gasteiger partial charge in [-0.2, -0.15) is 5.10 Å². The van der Waals surface area contributed by atoms with E-state index in [2.05, 4.69) is 15.5 Å². The third-order valence-electron chi connectivity index (χ3n) is 4.41. The van der Waals surface area contributed by atoms with E-state index >= 15 is 0 Å². The zero-order valence-electron chi connectivity index (χ0n) is 13.9. The van der Waals surface area contributed by atoms with Crippen LogP contribution in [-0.2, 0) is 17.6 Å². The maximum Gasteiger partial charge on any atom is 0.227 e. The van der Waals surface area contributed by atoms with Crippen molar-refractivity contribution in [1.82, 2.24) is 10.2 Å². The van der Waals surface area contributed by atoms with Gasteiger partial charge in [0, 0.05) is 17.3 Å². The molecule has 0 saturated heterocycles. The number of carbonyl (C=O) groups is 1. The van der Waals surface area contributed by atoms with Crippen LogP contribution in [0.15, 0.2) is 18.2 Å². The standard InChI is InChI=1S/C18H23N3O2/c1-11(9-16-12(2)20-21-13(16)3)18(22)19-15-6-7-17-14(10-15)5-4-8-23-17/h6-7,10-11H,4-5,8-9H2,1-3H3,(H,19,22)(H,20,21)/t11-/m1/s1. The number of fused-ring (bicyclic) bond motifs is 1. The number of ether oxygens (including phenoxy) is 1. The van der Waals surface area contributed by atoms with Crippen LogP contribution >= 0.6 is 0 Å². The second-order valence-corrected chi connectivity index (χ2v) is 6.28. The van der Waals surface area contributed by atoms with E-state index in [4.69, 9.17) is 4.74 Å². The first-order valence-corrected chi connectivity index (χ1v) is 8.11. The summed E-state index contributed by atoms with van der Waals surface area (Å²) in [6.07, 6.45) is 2.72. The molecule has 122 valence electrons. The number of benzene rings is 1. The summed E-state index contributed by atoms with van der Waals surface area (Å²) in [5.41, 5.74) is 5.14. The van der Waals surface area contributed by atoms with Crippen LogP contribution in [0.1, 0.15) is 35.9 Å². The van der Waals surface area contributed by atoms with Crippen LogP contribution in [0.3, 0.4) is 0 Å². The van der Waals surface area contributed by atoms with Gasteiger partial charge < -0.3 is 10.1 Å². The van der Waals surface area contributed by atoms with Gasteiger partial charge in [0.15, 0.2) is 0 Å². The molecule has 23 heavy (non-hydrogen) atoms. The highest BCUT2D eigenvalue weighted by molar-refractivity contribution is 5.92. The van der Waals surface area contributed by atoms with Crippen LogP contribution in [0, 0.1) is 19.8 Å². The Balaban J connectivity index is 1.66. The average Bonchev–Trinajstić information content (AvgIpc) is 2.86. The summed E-state index contributed by atoms with van der Waals surface area (Å²) in [5, 5.41) is 10.2. The summed E-state index contributed by atoms with van der Waals surface area (Å²) in [7, 11) is 0. The van der Waals surface area contributed by atoms with E-state index in [-0.39, 0.29) is 11.8 Å². The van der Waals surface area contributed by atoms with Crippen molar-refractivity contribution in [2.75, 3.05) is 11.9 Å². The number of H-pyrrole nitrogens is 1. The van der Waals surface area contributed by atoms with E-state index in [0.717, 1.165) is 47.8 Å².